The van der Waals surface area contributed by atoms with Crippen LogP contribution in [0.1, 0.15) is 29.2 Å². The first kappa shape index (κ1) is 34.5. The number of fused-ring (bicyclic) bond motifs is 2. The van der Waals surface area contributed by atoms with E-state index in [1.165, 1.54) is 11.1 Å². The van der Waals surface area contributed by atoms with Crippen LogP contribution in [0.15, 0.2) is 64.0 Å². The summed E-state index contributed by atoms with van der Waals surface area (Å²) in [7, 11) is 8.79. The van der Waals surface area contributed by atoms with E-state index >= 15 is 0 Å². The molecule has 1 heterocycles. The molecule has 0 saturated carbocycles. The van der Waals surface area contributed by atoms with Gasteiger partial charge in [0.25, 0.3) is 0 Å². The standard InChI is InChI=1S/C17H19N3O.C9H14N2O2.C9H13NO/c1-5-19-13-9-17-15(7-11(13)3)20-14-6-10(2)12(18-4)8-16(14)21-17;1-6-4-9(13-10)8(12-3)5-7(6)11-2;1-7-4-5-8(11-3)6-9(7)10-2/h6-9,19H,5H2,1-4H3;4-5,11H,10H2,1-3H3;4-6,10H,1-3H3. The van der Waals surface area contributed by atoms with Gasteiger partial charge in [-0.2, -0.15) is 5.90 Å². The highest BCUT2D eigenvalue weighted by Gasteiger charge is 2.12. The van der Waals surface area contributed by atoms with Gasteiger partial charge in [0.05, 0.1) is 19.6 Å². The van der Waals surface area contributed by atoms with Gasteiger partial charge in [0.1, 0.15) is 17.0 Å². The van der Waals surface area contributed by atoms with E-state index in [2.05, 4.69) is 52.6 Å². The fourth-order valence-corrected chi connectivity index (χ4v) is 4.72. The van der Waals surface area contributed by atoms with Crippen molar-refractivity contribution in [3.8, 4) is 28.7 Å². The van der Waals surface area contributed by atoms with Gasteiger partial charge in [0.2, 0.25) is 0 Å². The lowest BCUT2D eigenvalue weighted by Gasteiger charge is -2.11. The van der Waals surface area contributed by atoms with Crippen molar-refractivity contribution in [1.82, 2.24) is 4.98 Å². The summed E-state index contributed by atoms with van der Waals surface area (Å²) in [5.41, 5.74) is 10.3. The van der Waals surface area contributed by atoms with Gasteiger partial charge in [-0.25, -0.2) is 4.98 Å². The average molecular weight is 615 g/mol. The molecule has 3 aromatic rings. The van der Waals surface area contributed by atoms with Crippen LogP contribution in [-0.4, -0.2) is 46.9 Å². The summed E-state index contributed by atoms with van der Waals surface area (Å²) >= 11 is 0. The molecule has 0 bridgehead atoms. The van der Waals surface area contributed by atoms with Crippen LogP contribution in [0.4, 0.5) is 17.1 Å². The van der Waals surface area contributed by atoms with Gasteiger partial charge in [-0.3, -0.25) is 4.99 Å². The number of anilines is 3. The van der Waals surface area contributed by atoms with Gasteiger partial charge >= 0.3 is 0 Å². The summed E-state index contributed by atoms with van der Waals surface area (Å²) in [5.74, 6) is 7.90. The van der Waals surface area contributed by atoms with E-state index in [0.717, 1.165) is 68.4 Å². The molecule has 3 aromatic carbocycles. The van der Waals surface area contributed by atoms with Crippen molar-refractivity contribution in [2.24, 2.45) is 10.9 Å². The zero-order valence-electron chi connectivity index (χ0n) is 28.0. The molecule has 0 radical (unpaired) electrons. The number of aromatic nitrogens is 1. The summed E-state index contributed by atoms with van der Waals surface area (Å²) in [6, 6.07) is 17.7. The highest BCUT2D eigenvalue weighted by atomic mass is 16.6. The molecule has 10 heteroatoms. The maximum absolute atomic E-state index is 6.02. The smallest absolute Gasteiger partial charge is 0.189 e. The van der Waals surface area contributed by atoms with Crippen LogP contribution >= 0.6 is 0 Å². The van der Waals surface area contributed by atoms with Crippen LogP contribution in [-0.2, 0) is 0 Å². The van der Waals surface area contributed by atoms with E-state index in [1.807, 2.05) is 76.5 Å². The first-order chi connectivity index (χ1) is 21.6. The minimum absolute atomic E-state index is 0.541. The molecular weight excluding hydrogens is 568 g/mol. The summed E-state index contributed by atoms with van der Waals surface area (Å²) in [4.78, 5) is 13.6. The number of nitrogens with one attached hydrogen (secondary N) is 3. The van der Waals surface area contributed by atoms with Crippen LogP contribution in [0, 0.1) is 27.7 Å². The van der Waals surface area contributed by atoms with Gasteiger partial charge in [0, 0.05) is 69.0 Å². The molecule has 0 spiro atoms. The maximum atomic E-state index is 6.02. The number of nitrogens with zero attached hydrogens (tertiary/aromatic N) is 2. The Morgan fingerprint density at radius 1 is 0.778 bits per heavy atom. The van der Waals surface area contributed by atoms with Crippen LogP contribution in [0.5, 0.6) is 17.2 Å². The van der Waals surface area contributed by atoms with Gasteiger partial charge in [-0.1, -0.05) is 6.07 Å². The Bertz CT molecular complexity index is 1770. The number of rotatable bonds is 7. The minimum Gasteiger partial charge on any atom is -0.497 e. The van der Waals surface area contributed by atoms with Crippen LogP contribution in [0.2, 0.25) is 0 Å². The van der Waals surface area contributed by atoms with Crippen LogP contribution < -0.4 is 41.5 Å². The molecule has 1 aliphatic heterocycles. The van der Waals surface area contributed by atoms with Crippen LogP contribution in [0.25, 0.3) is 22.6 Å². The summed E-state index contributed by atoms with van der Waals surface area (Å²) in [6.45, 7) is 11.1. The van der Waals surface area contributed by atoms with E-state index in [1.54, 1.807) is 21.3 Å². The van der Waals surface area contributed by atoms with Crippen molar-refractivity contribution in [3.05, 3.63) is 82.2 Å². The highest BCUT2D eigenvalue weighted by molar-refractivity contribution is 5.81. The van der Waals surface area contributed by atoms with E-state index in [-0.39, 0.29) is 0 Å². The first-order valence-electron chi connectivity index (χ1n) is 14.7. The third-order valence-corrected chi connectivity index (χ3v) is 7.27. The number of hydrogen-bond acceptors (Lipinski definition) is 10. The van der Waals surface area contributed by atoms with Crippen molar-refractivity contribution in [3.63, 3.8) is 0 Å². The SMILES string of the molecule is CCNc1cc2oc3cc(=NC)c(C)cc-3nc2cc1C.CNc1cc(OC)c(ON)cc1C.CNc1cc(OC)ccc1C. The Labute approximate surface area is 265 Å². The highest BCUT2D eigenvalue weighted by Crippen LogP contribution is 2.32. The van der Waals surface area contributed by atoms with E-state index in [0.29, 0.717) is 11.5 Å². The number of benzene rings is 4. The van der Waals surface area contributed by atoms with Gasteiger partial charge in [-0.15, -0.1) is 0 Å². The van der Waals surface area contributed by atoms with Crippen LogP contribution in [0.3, 0.4) is 0 Å². The van der Waals surface area contributed by atoms with Crippen molar-refractivity contribution >= 4 is 28.2 Å². The summed E-state index contributed by atoms with van der Waals surface area (Å²) in [6.07, 6.45) is 0. The Balaban J connectivity index is 0.000000198. The predicted octanol–water partition coefficient (Wildman–Crippen LogP) is 6.85. The zero-order valence-corrected chi connectivity index (χ0v) is 28.0. The monoisotopic (exact) mass is 614 g/mol. The predicted molar refractivity (Wildman–Crippen MR) is 185 cm³/mol. The molecule has 0 fully saturated rings. The third kappa shape index (κ3) is 8.57. The molecule has 10 nitrogen and oxygen atoms in total. The summed E-state index contributed by atoms with van der Waals surface area (Å²) in [5, 5.41) is 10.4. The second kappa shape index (κ2) is 16.2. The lowest BCUT2D eigenvalue weighted by molar-refractivity contribution is 0.306. The molecule has 240 valence electrons. The average Bonchev–Trinajstić information content (AvgIpc) is 3.05. The quantitative estimate of drug-likeness (QED) is 0.115. The molecular formula is C35H46N6O4. The molecule has 0 amide bonds. The molecule has 2 aliphatic rings. The van der Waals surface area contributed by atoms with E-state index < -0.39 is 0 Å². The third-order valence-electron chi connectivity index (χ3n) is 7.27. The Hall–Kier alpha value is -4.96. The molecule has 0 atom stereocenters. The molecule has 0 aromatic heterocycles. The molecule has 5 rings (SSSR count). The van der Waals surface area contributed by atoms with E-state index in [9.17, 15) is 0 Å². The second-order valence-electron chi connectivity index (χ2n) is 10.3. The largest absolute Gasteiger partial charge is 0.497 e. The maximum Gasteiger partial charge on any atom is 0.189 e. The molecule has 0 saturated heterocycles. The number of methoxy groups -OCH3 is 2. The Morgan fingerprint density at radius 3 is 2.07 bits per heavy atom. The van der Waals surface area contributed by atoms with Crippen molar-refractivity contribution in [2.45, 2.75) is 34.6 Å². The second-order valence-corrected chi connectivity index (χ2v) is 10.3. The number of aryl methyl sites for hydroxylation is 4. The molecule has 0 unspecified atom stereocenters. The minimum atomic E-state index is 0.541. The zero-order chi connectivity index (χ0) is 33.1. The van der Waals surface area contributed by atoms with Gasteiger partial charge in [-0.05, 0) is 81.1 Å². The molecule has 45 heavy (non-hydrogen) atoms. The fraction of sp³-hybridized carbons (Fsp3) is 0.314. The first-order valence-corrected chi connectivity index (χ1v) is 14.7. The fourth-order valence-electron chi connectivity index (χ4n) is 4.72. The number of hydrogen-bond donors (Lipinski definition) is 4. The topological polar surface area (TPSA) is 128 Å². The lowest BCUT2D eigenvalue weighted by Crippen LogP contribution is -2.08. The number of ether oxygens (including phenoxy) is 2. The normalized spacial score (nSPS) is 10.8. The number of nitrogens with two attached hydrogens (primary N) is 1. The van der Waals surface area contributed by atoms with Crippen molar-refractivity contribution in [1.29, 1.82) is 0 Å². The van der Waals surface area contributed by atoms with Gasteiger partial charge < -0.3 is 34.7 Å². The van der Waals surface area contributed by atoms with Crippen molar-refractivity contribution in [2.75, 3.05) is 57.9 Å². The van der Waals surface area contributed by atoms with E-state index in [4.69, 9.17) is 24.8 Å². The van der Waals surface area contributed by atoms with Gasteiger partial charge in [0.15, 0.2) is 22.8 Å². The lowest BCUT2D eigenvalue weighted by atomic mass is 10.1. The molecule has 5 N–H and O–H groups in total. The summed E-state index contributed by atoms with van der Waals surface area (Å²) < 4.78 is 16.2. The Kier molecular flexibility index (Phi) is 12.4. The Morgan fingerprint density at radius 2 is 1.47 bits per heavy atom. The van der Waals surface area contributed by atoms with Crippen molar-refractivity contribution < 1.29 is 18.7 Å². The molecule has 1 aliphatic carbocycles.